The van der Waals surface area contributed by atoms with Crippen LogP contribution in [-0.4, -0.2) is 101 Å². The number of rotatable bonds is 12. The van der Waals surface area contributed by atoms with Crippen molar-refractivity contribution in [2.75, 3.05) is 56.4 Å². The van der Waals surface area contributed by atoms with Crippen LogP contribution in [0.3, 0.4) is 0 Å². The summed E-state index contributed by atoms with van der Waals surface area (Å²) >= 11 is 5.82. The molecule has 41 heavy (non-hydrogen) atoms. The summed E-state index contributed by atoms with van der Waals surface area (Å²) < 4.78 is 6.74. The molecule has 2 atom stereocenters. The number of H-pyrrole nitrogens is 3. The number of unbranched alkanes of at least 4 members (excludes halogenated alkanes) is 1. The standard InChI is InChI=1S/C27H35ClN8O5/c1-16-23(41-16)24(37)32-17-10-20(29-13-17)26(39)35(4)19-12-22(31-15-19)27(40)36(5)18-11-21(30-14-18)25(38)33(2)8-6-7-9-34(3)28/h10-16,23,29-31H,6-9H2,1-5H3,(H,32,37)/t16-,23-/m1/s1. The number of amides is 4. The molecule has 13 nitrogen and oxygen atoms in total. The number of carbonyl (C=O) groups is 4. The minimum atomic E-state index is -0.473. The molecule has 14 heteroatoms. The second-order valence-corrected chi connectivity index (χ2v) is 10.7. The van der Waals surface area contributed by atoms with Crippen molar-refractivity contribution in [3.05, 3.63) is 53.9 Å². The van der Waals surface area contributed by atoms with Crippen LogP contribution < -0.4 is 15.1 Å². The third kappa shape index (κ3) is 7.17. The molecule has 1 saturated heterocycles. The van der Waals surface area contributed by atoms with E-state index in [0.29, 0.717) is 29.3 Å². The van der Waals surface area contributed by atoms with Crippen LogP contribution in [0.2, 0.25) is 0 Å². The Morgan fingerprint density at radius 1 is 0.805 bits per heavy atom. The molecule has 4 heterocycles. The van der Waals surface area contributed by atoms with Gasteiger partial charge in [0.2, 0.25) is 0 Å². The molecular formula is C27H35ClN8O5. The highest BCUT2D eigenvalue weighted by atomic mass is 35.5. The maximum Gasteiger partial charge on any atom is 0.274 e. The second kappa shape index (κ2) is 12.6. The third-order valence-electron chi connectivity index (χ3n) is 6.89. The summed E-state index contributed by atoms with van der Waals surface area (Å²) in [6.45, 7) is 3.12. The summed E-state index contributed by atoms with van der Waals surface area (Å²) in [5.41, 5.74) is 2.34. The first-order valence-corrected chi connectivity index (χ1v) is 13.5. The average Bonchev–Trinajstić information content (AvgIpc) is 3.41. The molecule has 0 radical (unpaired) electrons. The van der Waals surface area contributed by atoms with Crippen LogP contribution in [-0.2, 0) is 9.53 Å². The minimum Gasteiger partial charge on any atom is -0.359 e. The fourth-order valence-electron chi connectivity index (χ4n) is 4.25. The molecule has 1 fully saturated rings. The zero-order valence-electron chi connectivity index (χ0n) is 23.7. The molecule has 0 spiro atoms. The lowest BCUT2D eigenvalue weighted by Crippen LogP contribution is -2.28. The van der Waals surface area contributed by atoms with Crippen LogP contribution in [0, 0.1) is 0 Å². The highest BCUT2D eigenvalue weighted by molar-refractivity contribution is 6.13. The number of aromatic nitrogens is 3. The highest BCUT2D eigenvalue weighted by Gasteiger charge is 2.41. The second-order valence-electron chi connectivity index (χ2n) is 10.1. The van der Waals surface area contributed by atoms with E-state index in [2.05, 4.69) is 20.3 Å². The van der Waals surface area contributed by atoms with Gasteiger partial charge in [0.25, 0.3) is 23.6 Å². The lowest BCUT2D eigenvalue weighted by Gasteiger charge is -2.17. The predicted octanol–water partition coefficient (Wildman–Crippen LogP) is 2.89. The van der Waals surface area contributed by atoms with E-state index in [0.717, 1.165) is 19.4 Å². The van der Waals surface area contributed by atoms with Gasteiger partial charge in [0.05, 0.1) is 23.2 Å². The van der Waals surface area contributed by atoms with Crippen LogP contribution in [0.1, 0.15) is 51.2 Å². The zero-order chi connectivity index (χ0) is 29.8. The number of aromatic amines is 3. The molecule has 3 aromatic heterocycles. The molecule has 3 aromatic rings. The van der Waals surface area contributed by atoms with Crippen molar-refractivity contribution < 1.29 is 23.9 Å². The number of carbonyl (C=O) groups excluding carboxylic acids is 4. The van der Waals surface area contributed by atoms with Gasteiger partial charge in [0, 0.05) is 59.9 Å². The molecule has 1 aliphatic heterocycles. The van der Waals surface area contributed by atoms with Gasteiger partial charge in [0.1, 0.15) is 17.1 Å². The van der Waals surface area contributed by atoms with E-state index in [1.165, 1.54) is 22.1 Å². The molecule has 220 valence electrons. The number of hydrogen-bond donors (Lipinski definition) is 4. The predicted molar refractivity (Wildman–Crippen MR) is 155 cm³/mol. The van der Waals surface area contributed by atoms with Crippen molar-refractivity contribution in [1.82, 2.24) is 24.3 Å². The van der Waals surface area contributed by atoms with Crippen LogP contribution in [0.5, 0.6) is 0 Å². The first-order valence-electron chi connectivity index (χ1n) is 13.2. The van der Waals surface area contributed by atoms with E-state index < -0.39 is 6.10 Å². The number of ether oxygens (including phenoxy) is 1. The first-order chi connectivity index (χ1) is 19.5. The quantitative estimate of drug-likeness (QED) is 0.145. The van der Waals surface area contributed by atoms with E-state index in [9.17, 15) is 19.2 Å². The Labute approximate surface area is 242 Å². The monoisotopic (exact) mass is 586 g/mol. The maximum absolute atomic E-state index is 13.2. The van der Waals surface area contributed by atoms with Crippen LogP contribution >= 0.6 is 11.8 Å². The van der Waals surface area contributed by atoms with Gasteiger partial charge >= 0.3 is 0 Å². The molecule has 0 bridgehead atoms. The summed E-state index contributed by atoms with van der Waals surface area (Å²) in [5, 5.41) is 2.71. The van der Waals surface area contributed by atoms with Gasteiger partial charge in [-0.1, -0.05) is 0 Å². The topological polar surface area (TPSA) is 153 Å². The van der Waals surface area contributed by atoms with Gasteiger partial charge in [-0.25, -0.2) is 4.42 Å². The number of anilines is 3. The Kier molecular flexibility index (Phi) is 9.21. The van der Waals surface area contributed by atoms with Crippen molar-refractivity contribution in [2.24, 2.45) is 0 Å². The van der Waals surface area contributed by atoms with E-state index in [4.69, 9.17) is 16.5 Å². The number of epoxide rings is 1. The van der Waals surface area contributed by atoms with Crippen molar-refractivity contribution >= 4 is 52.5 Å². The SMILES string of the molecule is C[C@H]1O[C@H]1C(=O)Nc1c[nH]c(C(=O)N(C)c2c[nH]c(C(=O)N(C)c3c[nH]c(C(=O)N(C)CCCCN(C)Cl)c3)c2)c1. The molecule has 4 rings (SSSR count). The van der Waals surface area contributed by atoms with E-state index in [1.54, 1.807) is 69.0 Å². The molecule has 0 aliphatic carbocycles. The summed E-state index contributed by atoms with van der Waals surface area (Å²) in [6.07, 6.45) is 5.77. The Morgan fingerprint density at radius 3 is 1.83 bits per heavy atom. The number of nitrogens with one attached hydrogen (secondary N) is 4. The molecule has 1 aliphatic rings. The van der Waals surface area contributed by atoms with Gasteiger partial charge in [0.15, 0.2) is 6.10 Å². The number of nitrogens with zero attached hydrogens (tertiary/aromatic N) is 4. The first kappa shape index (κ1) is 29.9. The summed E-state index contributed by atoms with van der Waals surface area (Å²) in [4.78, 5) is 64.2. The highest BCUT2D eigenvalue weighted by Crippen LogP contribution is 2.24. The van der Waals surface area contributed by atoms with Gasteiger partial charge in [-0.05, 0) is 49.7 Å². The molecule has 4 amide bonds. The Balaban J connectivity index is 1.33. The molecular weight excluding hydrogens is 552 g/mol. The smallest absolute Gasteiger partial charge is 0.274 e. The van der Waals surface area contributed by atoms with Gasteiger partial charge in [-0.3, -0.25) is 19.2 Å². The fourth-order valence-corrected chi connectivity index (χ4v) is 4.37. The minimum absolute atomic E-state index is 0.112. The van der Waals surface area contributed by atoms with Crippen molar-refractivity contribution in [3.63, 3.8) is 0 Å². The Hall–Kier alpha value is -4.07. The van der Waals surface area contributed by atoms with Gasteiger partial charge in [-0.2, -0.15) is 0 Å². The van der Waals surface area contributed by atoms with Gasteiger partial charge in [-0.15, -0.1) is 0 Å². The molecule has 0 aromatic carbocycles. The lowest BCUT2D eigenvalue weighted by atomic mass is 10.2. The normalized spacial score (nSPS) is 16.0. The third-order valence-corrected chi connectivity index (χ3v) is 7.06. The van der Waals surface area contributed by atoms with E-state index in [-0.39, 0.29) is 41.1 Å². The summed E-state index contributed by atoms with van der Waals surface area (Å²) in [6, 6.07) is 4.73. The van der Waals surface area contributed by atoms with Crippen LogP contribution in [0.4, 0.5) is 17.1 Å². The lowest BCUT2D eigenvalue weighted by molar-refractivity contribution is -0.117. The van der Waals surface area contributed by atoms with Crippen molar-refractivity contribution in [3.8, 4) is 0 Å². The fraction of sp³-hybridized carbons (Fsp3) is 0.407. The van der Waals surface area contributed by atoms with Crippen LogP contribution in [0.15, 0.2) is 36.8 Å². The van der Waals surface area contributed by atoms with Crippen LogP contribution in [0.25, 0.3) is 0 Å². The molecule has 4 N–H and O–H groups in total. The Bertz CT molecular complexity index is 1410. The van der Waals surface area contributed by atoms with E-state index in [1.807, 2.05) is 0 Å². The summed E-state index contributed by atoms with van der Waals surface area (Å²) in [7, 11) is 6.70. The van der Waals surface area contributed by atoms with Gasteiger partial charge < -0.3 is 39.7 Å². The Morgan fingerprint density at radius 2 is 1.29 bits per heavy atom. The van der Waals surface area contributed by atoms with E-state index >= 15 is 0 Å². The van der Waals surface area contributed by atoms with Crippen molar-refractivity contribution in [1.29, 1.82) is 0 Å². The maximum atomic E-state index is 13.2. The molecule has 0 saturated carbocycles. The van der Waals surface area contributed by atoms with Crippen molar-refractivity contribution in [2.45, 2.75) is 32.0 Å². The number of halogens is 1. The number of hydrogen-bond acceptors (Lipinski definition) is 6. The summed E-state index contributed by atoms with van der Waals surface area (Å²) in [5.74, 6) is -1.16. The average molecular weight is 587 g/mol. The molecule has 0 unspecified atom stereocenters. The largest absolute Gasteiger partial charge is 0.359 e. The zero-order valence-corrected chi connectivity index (χ0v) is 24.4.